The summed E-state index contributed by atoms with van der Waals surface area (Å²) in [4.78, 5) is 24.7. The summed E-state index contributed by atoms with van der Waals surface area (Å²) in [6.07, 6.45) is 0.546. The van der Waals surface area contributed by atoms with E-state index in [0.717, 1.165) is 16.8 Å². The number of benzene rings is 2. The molecule has 4 nitrogen and oxygen atoms in total. The van der Waals surface area contributed by atoms with Crippen LogP contribution >= 0.6 is 23.2 Å². The quantitative estimate of drug-likeness (QED) is 0.802. The van der Waals surface area contributed by atoms with E-state index in [-0.39, 0.29) is 23.7 Å². The van der Waals surface area contributed by atoms with Gasteiger partial charge in [0.2, 0.25) is 11.8 Å². The molecule has 25 heavy (non-hydrogen) atoms. The Labute approximate surface area is 156 Å². The van der Waals surface area contributed by atoms with E-state index in [1.165, 1.54) is 0 Å². The fraction of sp³-hybridized carbons (Fsp3) is 0.263. The first kappa shape index (κ1) is 17.8. The topological polar surface area (TPSA) is 58.2 Å². The second-order valence-electron chi connectivity index (χ2n) is 6.32. The molecule has 2 aromatic carbocycles. The van der Waals surface area contributed by atoms with E-state index in [0.29, 0.717) is 22.2 Å². The summed E-state index contributed by atoms with van der Waals surface area (Å²) in [7, 11) is 0. The Morgan fingerprint density at radius 1 is 0.920 bits per heavy atom. The number of carbonyl (C=O) groups excluding carboxylic acids is 2. The molecule has 6 heteroatoms. The largest absolute Gasteiger partial charge is 0.326 e. The van der Waals surface area contributed by atoms with E-state index < -0.39 is 0 Å². The van der Waals surface area contributed by atoms with Gasteiger partial charge in [-0.25, -0.2) is 0 Å². The third kappa shape index (κ3) is 3.97. The number of amides is 2. The first-order valence-electron chi connectivity index (χ1n) is 8.00. The number of nitrogens with one attached hydrogen (secondary N) is 2. The van der Waals surface area contributed by atoms with E-state index in [2.05, 4.69) is 10.6 Å². The van der Waals surface area contributed by atoms with Crippen LogP contribution in [-0.2, 0) is 9.59 Å². The highest BCUT2D eigenvalue weighted by Gasteiger charge is 2.48. The zero-order valence-corrected chi connectivity index (χ0v) is 15.4. The number of hydrogen-bond donors (Lipinski definition) is 2. The molecule has 2 unspecified atom stereocenters. The van der Waals surface area contributed by atoms with Gasteiger partial charge in [0.15, 0.2) is 0 Å². The predicted molar refractivity (Wildman–Crippen MR) is 101 cm³/mol. The number of aryl methyl sites for hydroxylation is 2. The first-order valence-corrected chi connectivity index (χ1v) is 8.75. The van der Waals surface area contributed by atoms with Crippen molar-refractivity contribution >= 4 is 46.4 Å². The summed E-state index contributed by atoms with van der Waals surface area (Å²) in [6.45, 7) is 3.90. The molecule has 0 heterocycles. The summed E-state index contributed by atoms with van der Waals surface area (Å²) in [6, 6.07) is 10.7. The monoisotopic (exact) mass is 376 g/mol. The summed E-state index contributed by atoms with van der Waals surface area (Å²) >= 11 is 11.8. The Bertz CT molecular complexity index is 831. The lowest BCUT2D eigenvalue weighted by molar-refractivity contribution is -0.122. The highest BCUT2D eigenvalue weighted by molar-refractivity contribution is 6.42. The standard InChI is InChI=1S/C19H18Cl2N2O2/c1-10-4-3-5-11(2)17(10)23-19(25)14-9-13(14)18(24)22-12-6-7-15(20)16(21)8-12/h3-8,13-14H,9H2,1-2H3,(H,22,24)(H,23,25). The van der Waals surface area contributed by atoms with Crippen molar-refractivity contribution < 1.29 is 9.59 Å². The minimum absolute atomic E-state index is 0.119. The number of carbonyl (C=O) groups is 2. The normalized spacial score (nSPS) is 18.6. The van der Waals surface area contributed by atoms with E-state index in [1.54, 1.807) is 18.2 Å². The van der Waals surface area contributed by atoms with Gasteiger partial charge in [0.25, 0.3) is 0 Å². The van der Waals surface area contributed by atoms with Crippen molar-refractivity contribution in [3.63, 3.8) is 0 Å². The highest BCUT2D eigenvalue weighted by atomic mass is 35.5. The number of rotatable bonds is 4. The molecular weight excluding hydrogens is 359 g/mol. The zero-order chi connectivity index (χ0) is 18.1. The maximum absolute atomic E-state index is 12.4. The molecule has 2 atom stereocenters. The maximum atomic E-state index is 12.4. The van der Waals surface area contributed by atoms with Crippen molar-refractivity contribution in [2.24, 2.45) is 11.8 Å². The minimum atomic E-state index is -0.321. The van der Waals surface area contributed by atoms with Crippen molar-refractivity contribution in [3.05, 3.63) is 57.6 Å². The van der Waals surface area contributed by atoms with Gasteiger partial charge >= 0.3 is 0 Å². The highest BCUT2D eigenvalue weighted by Crippen LogP contribution is 2.41. The molecule has 0 saturated heterocycles. The SMILES string of the molecule is Cc1cccc(C)c1NC(=O)C1CC1C(=O)Nc1ccc(Cl)c(Cl)c1. The molecule has 0 aromatic heterocycles. The van der Waals surface area contributed by atoms with Crippen LogP contribution in [0, 0.1) is 25.7 Å². The number of anilines is 2. The minimum Gasteiger partial charge on any atom is -0.326 e. The van der Waals surface area contributed by atoms with Gasteiger partial charge in [-0.05, 0) is 49.6 Å². The van der Waals surface area contributed by atoms with Crippen LogP contribution in [0.3, 0.4) is 0 Å². The number of halogens is 2. The van der Waals surface area contributed by atoms with Gasteiger partial charge < -0.3 is 10.6 Å². The lowest BCUT2D eigenvalue weighted by atomic mass is 10.1. The summed E-state index contributed by atoms with van der Waals surface area (Å²) < 4.78 is 0. The molecule has 3 rings (SSSR count). The van der Waals surface area contributed by atoms with Gasteiger partial charge in [-0.15, -0.1) is 0 Å². The van der Waals surface area contributed by atoms with Gasteiger partial charge in [0, 0.05) is 11.4 Å². The van der Waals surface area contributed by atoms with Crippen LogP contribution in [0.25, 0.3) is 0 Å². The maximum Gasteiger partial charge on any atom is 0.228 e. The molecular formula is C19H18Cl2N2O2. The van der Waals surface area contributed by atoms with Crippen LogP contribution in [-0.4, -0.2) is 11.8 Å². The summed E-state index contributed by atoms with van der Waals surface area (Å²) in [5, 5.41) is 6.53. The summed E-state index contributed by atoms with van der Waals surface area (Å²) in [5.41, 5.74) is 3.40. The molecule has 0 bridgehead atoms. The molecule has 1 saturated carbocycles. The molecule has 130 valence electrons. The van der Waals surface area contributed by atoms with Gasteiger partial charge in [-0.2, -0.15) is 0 Å². The fourth-order valence-electron chi connectivity index (χ4n) is 2.81. The molecule has 2 amide bonds. The smallest absolute Gasteiger partial charge is 0.228 e. The predicted octanol–water partition coefficient (Wildman–Crippen LogP) is 4.82. The van der Waals surface area contributed by atoms with Crippen molar-refractivity contribution in [1.29, 1.82) is 0 Å². The van der Waals surface area contributed by atoms with Gasteiger partial charge in [-0.1, -0.05) is 41.4 Å². The molecule has 0 spiro atoms. The second-order valence-corrected chi connectivity index (χ2v) is 7.14. The van der Waals surface area contributed by atoms with E-state index in [4.69, 9.17) is 23.2 Å². The van der Waals surface area contributed by atoms with Crippen LogP contribution in [0.15, 0.2) is 36.4 Å². The Morgan fingerprint density at radius 3 is 2.12 bits per heavy atom. The van der Waals surface area contributed by atoms with Gasteiger partial charge in [-0.3, -0.25) is 9.59 Å². The lowest BCUT2D eigenvalue weighted by Crippen LogP contribution is -2.21. The van der Waals surface area contributed by atoms with E-state index >= 15 is 0 Å². The van der Waals surface area contributed by atoms with Crippen molar-refractivity contribution in [3.8, 4) is 0 Å². The molecule has 2 N–H and O–H groups in total. The molecule has 1 aliphatic carbocycles. The van der Waals surface area contributed by atoms with Crippen LogP contribution in [0.5, 0.6) is 0 Å². The molecule has 1 aliphatic rings. The Kier molecular flexibility index (Phi) is 5.02. The molecule has 2 aromatic rings. The van der Waals surface area contributed by atoms with Crippen LogP contribution in [0.2, 0.25) is 10.0 Å². The molecule has 0 radical (unpaired) electrons. The zero-order valence-electron chi connectivity index (χ0n) is 13.9. The van der Waals surface area contributed by atoms with Crippen LogP contribution < -0.4 is 10.6 Å². The van der Waals surface area contributed by atoms with E-state index in [1.807, 2.05) is 32.0 Å². The average molecular weight is 377 g/mol. The number of para-hydroxylation sites is 1. The van der Waals surface area contributed by atoms with Crippen molar-refractivity contribution in [2.75, 3.05) is 10.6 Å². The number of hydrogen-bond acceptors (Lipinski definition) is 2. The van der Waals surface area contributed by atoms with Gasteiger partial charge in [0.05, 0.1) is 21.9 Å². The van der Waals surface area contributed by atoms with Crippen molar-refractivity contribution in [1.82, 2.24) is 0 Å². The average Bonchev–Trinajstić information content (AvgIpc) is 3.35. The Hall–Kier alpha value is -2.04. The summed E-state index contributed by atoms with van der Waals surface area (Å²) in [5.74, 6) is -0.924. The second kappa shape index (κ2) is 7.06. The first-order chi connectivity index (χ1) is 11.9. The molecule has 0 aliphatic heterocycles. The van der Waals surface area contributed by atoms with Crippen molar-refractivity contribution in [2.45, 2.75) is 20.3 Å². The fourth-order valence-corrected chi connectivity index (χ4v) is 3.11. The van der Waals surface area contributed by atoms with Gasteiger partial charge in [0.1, 0.15) is 0 Å². The Morgan fingerprint density at radius 2 is 1.52 bits per heavy atom. The van der Waals surface area contributed by atoms with Crippen LogP contribution in [0.4, 0.5) is 11.4 Å². The molecule has 1 fully saturated rings. The third-order valence-electron chi connectivity index (χ3n) is 4.38. The lowest BCUT2D eigenvalue weighted by Gasteiger charge is -2.11. The van der Waals surface area contributed by atoms with E-state index in [9.17, 15) is 9.59 Å². The third-order valence-corrected chi connectivity index (χ3v) is 5.12. The van der Waals surface area contributed by atoms with Crippen LogP contribution in [0.1, 0.15) is 17.5 Å². The Balaban J connectivity index is 1.60.